The minimum absolute atomic E-state index is 0.638. The molecule has 33 heavy (non-hydrogen) atoms. The Hall–Kier alpha value is -3.58. The molecule has 1 saturated carbocycles. The van der Waals surface area contributed by atoms with Crippen LogP contribution in [-0.2, 0) is 0 Å². The zero-order chi connectivity index (χ0) is 22.5. The van der Waals surface area contributed by atoms with Gasteiger partial charge in [-0.2, -0.15) is 0 Å². The maximum absolute atomic E-state index is 2.52. The van der Waals surface area contributed by atoms with Crippen molar-refractivity contribution in [3.63, 3.8) is 0 Å². The van der Waals surface area contributed by atoms with Crippen LogP contribution >= 0.6 is 0 Å². The molecule has 162 valence electrons. The average Bonchev–Trinajstić information content (AvgIpc) is 3.64. The van der Waals surface area contributed by atoms with Gasteiger partial charge in [-0.05, 0) is 90.8 Å². The minimum Gasteiger partial charge on any atom is -0.309 e. The lowest BCUT2D eigenvalue weighted by Crippen LogP contribution is -1.99. The molecule has 0 atom stereocenters. The van der Waals surface area contributed by atoms with E-state index < -0.39 is 0 Å². The van der Waals surface area contributed by atoms with Gasteiger partial charge in [0.1, 0.15) is 0 Å². The molecule has 6 rings (SSSR count). The van der Waals surface area contributed by atoms with Crippen LogP contribution in [-0.4, -0.2) is 4.57 Å². The topological polar surface area (TPSA) is 4.93 Å². The Kier molecular flexibility index (Phi) is 4.73. The van der Waals surface area contributed by atoms with Gasteiger partial charge in [0.2, 0.25) is 0 Å². The molecular weight excluding hydrogens is 398 g/mol. The molecule has 0 radical (unpaired) electrons. The second-order valence-electron chi connectivity index (χ2n) is 9.39. The van der Waals surface area contributed by atoms with Crippen LogP contribution in [0.2, 0.25) is 0 Å². The third-order valence-electron chi connectivity index (χ3n) is 7.30. The first-order chi connectivity index (χ1) is 16.2. The molecular formula is C32H29N. The molecule has 0 spiro atoms. The van der Waals surface area contributed by atoms with Crippen LogP contribution in [0.3, 0.4) is 0 Å². The first-order valence-electron chi connectivity index (χ1n) is 12.0. The lowest BCUT2D eigenvalue weighted by atomic mass is 9.96. The number of allylic oxidation sites excluding steroid dienone is 2. The maximum Gasteiger partial charge on any atom is 0.0578 e. The highest BCUT2D eigenvalue weighted by atomic mass is 15.0. The van der Waals surface area contributed by atoms with E-state index in [1.807, 2.05) is 0 Å². The van der Waals surface area contributed by atoms with Gasteiger partial charge in [0.05, 0.1) is 11.2 Å². The summed E-state index contributed by atoms with van der Waals surface area (Å²) in [4.78, 5) is 0. The van der Waals surface area contributed by atoms with Crippen LogP contribution in [0.5, 0.6) is 0 Å². The number of hydrogen-bond acceptors (Lipinski definition) is 0. The Balaban J connectivity index is 1.75. The highest BCUT2D eigenvalue weighted by Gasteiger charge is 2.33. The summed E-state index contributed by atoms with van der Waals surface area (Å²) in [6.45, 7) is 6.52. The molecule has 0 aliphatic heterocycles. The van der Waals surface area contributed by atoms with Crippen molar-refractivity contribution in [2.24, 2.45) is 0 Å². The molecule has 1 heteroatoms. The number of hydrogen-bond donors (Lipinski definition) is 0. The van der Waals surface area contributed by atoms with Gasteiger partial charge in [-0.15, -0.1) is 0 Å². The Morgan fingerprint density at radius 2 is 1.58 bits per heavy atom. The molecule has 1 fully saturated rings. The van der Waals surface area contributed by atoms with Crippen molar-refractivity contribution >= 4 is 27.2 Å². The van der Waals surface area contributed by atoms with E-state index in [0.717, 1.165) is 0 Å². The van der Waals surface area contributed by atoms with Gasteiger partial charge in [0.25, 0.3) is 0 Å². The predicted molar refractivity (Wildman–Crippen MR) is 142 cm³/mol. The highest BCUT2D eigenvalue weighted by Crippen LogP contribution is 2.51. The Morgan fingerprint density at radius 1 is 0.848 bits per heavy atom. The smallest absolute Gasteiger partial charge is 0.0578 e. The molecule has 1 aliphatic rings. The van der Waals surface area contributed by atoms with Crippen LogP contribution in [0, 0.1) is 6.92 Å². The zero-order valence-electron chi connectivity index (χ0n) is 19.6. The predicted octanol–water partition coefficient (Wildman–Crippen LogP) is 9.06. The standard InChI is InChI=1S/C32H29N/c1-4-21(2)23-15-18-26(19-16-23)33-29-20-17-24-10-6-8-12-28(24)31(29)30(25-13-14-25)32(33)27-11-7-5-9-22(27)3/h4-12,15-20,25H,13-14H2,1-3H3/b21-4+. The Labute approximate surface area is 196 Å². The van der Waals surface area contributed by atoms with E-state index in [0.29, 0.717) is 5.92 Å². The van der Waals surface area contributed by atoms with E-state index in [9.17, 15) is 0 Å². The number of benzene rings is 4. The van der Waals surface area contributed by atoms with Crippen molar-refractivity contribution in [1.82, 2.24) is 4.57 Å². The second-order valence-corrected chi connectivity index (χ2v) is 9.39. The summed E-state index contributed by atoms with van der Waals surface area (Å²) in [5.41, 5.74) is 10.7. The Morgan fingerprint density at radius 3 is 2.30 bits per heavy atom. The van der Waals surface area contributed by atoms with Crippen molar-refractivity contribution in [2.45, 2.75) is 39.5 Å². The maximum atomic E-state index is 2.52. The van der Waals surface area contributed by atoms with E-state index >= 15 is 0 Å². The summed E-state index contributed by atoms with van der Waals surface area (Å²) < 4.78 is 2.52. The van der Waals surface area contributed by atoms with Gasteiger partial charge >= 0.3 is 0 Å². The summed E-state index contributed by atoms with van der Waals surface area (Å²) in [5, 5.41) is 4.12. The largest absolute Gasteiger partial charge is 0.309 e. The van der Waals surface area contributed by atoms with Crippen molar-refractivity contribution < 1.29 is 0 Å². The summed E-state index contributed by atoms with van der Waals surface area (Å²) in [6.07, 6.45) is 4.73. The SMILES string of the molecule is C/C=C(\C)c1ccc(-n2c(-c3ccccc3C)c(C3CC3)c3c4ccccc4ccc32)cc1. The van der Waals surface area contributed by atoms with E-state index in [1.54, 1.807) is 0 Å². The molecule has 1 aromatic heterocycles. The first kappa shape index (κ1) is 20.1. The van der Waals surface area contributed by atoms with Crippen molar-refractivity contribution in [1.29, 1.82) is 0 Å². The third-order valence-corrected chi connectivity index (χ3v) is 7.30. The molecule has 1 heterocycles. The van der Waals surface area contributed by atoms with Crippen molar-refractivity contribution in [3.8, 4) is 16.9 Å². The first-order valence-corrected chi connectivity index (χ1v) is 12.0. The monoisotopic (exact) mass is 427 g/mol. The minimum atomic E-state index is 0.638. The van der Waals surface area contributed by atoms with Gasteiger partial charge in [-0.3, -0.25) is 0 Å². The summed E-state index contributed by atoms with van der Waals surface area (Å²) in [7, 11) is 0. The van der Waals surface area contributed by atoms with E-state index in [2.05, 4.69) is 116 Å². The highest BCUT2D eigenvalue weighted by molar-refractivity contribution is 6.12. The number of aryl methyl sites for hydroxylation is 1. The Bertz CT molecular complexity index is 1520. The number of nitrogens with zero attached hydrogens (tertiary/aromatic N) is 1. The van der Waals surface area contributed by atoms with Gasteiger partial charge in [0.15, 0.2) is 0 Å². The molecule has 0 amide bonds. The average molecular weight is 428 g/mol. The van der Waals surface area contributed by atoms with Gasteiger partial charge in [-0.1, -0.05) is 72.8 Å². The number of rotatable bonds is 4. The lowest BCUT2D eigenvalue weighted by Gasteiger charge is -2.15. The summed E-state index contributed by atoms with van der Waals surface area (Å²) in [5.74, 6) is 0.638. The van der Waals surface area contributed by atoms with Crippen LogP contribution in [0.4, 0.5) is 0 Å². The molecule has 4 aromatic carbocycles. The van der Waals surface area contributed by atoms with E-state index in [4.69, 9.17) is 0 Å². The quantitative estimate of drug-likeness (QED) is 0.269. The van der Waals surface area contributed by atoms with E-state index in [1.165, 1.54) is 73.7 Å². The van der Waals surface area contributed by atoms with Gasteiger partial charge in [-0.25, -0.2) is 0 Å². The van der Waals surface area contributed by atoms with Crippen molar-refractivity contribution in [2.75, 3.05) is 0 Å². The molecule has 0 saturated heterocycles. The van der Waals surface area contributed by atoms with E-state index in [-0.39, 0.29) is 0 Å². The molecule has 5 aromatic rings. The van der Waals surface area contributed by atoms with Crippen LogP contribution in [0.15, 0.2) is 91.0 Å². The summed E-state index contributed by atoms with van der Waals surface area (Å²) in [6, 6.07) is 31.4. The van der Waals surface area contributed by atoms with Crippen molar-refractivity contribution in [3.05, 3.63) is 108 Å². The molecule has 1 aliphatic carbocycles. The fourth-order valence-electron chi connectivity index (χ4n) is 5.27. The molecule has 0 unspecified atom stereocenters. The van der Waals surface area contributed by atoms with Crippen LogP contribution < -0.4 is 0 Å². The summed E-state index contributed by atoms with van der Waals surface area (Å²) >= 11 is 0. The zero-order valence-corrected chi connectivity index (χ0v) is 19.6. The number of fused-ring (bicyclic) bond motifs is 3. The van der Waals surface area contributed by atoms with Crippen LogP contribution in [0.1, 0.15) is 49.3 Å². The normalized spacial score (nSPS) is 14.3. The lowest BCUT2D eigenvalue weighted by molar-refractivity contribution is 1.08. The molecule has 1 nitrogen and oxygen atoms in total. The van der Waals surface area contributed by atoms with Gasteiger partial charge in [0, 0.05) is 16.6 Å². The third kappa shape index (κ3) is 3.23. The van der Waals surface area contributed by atoms with Gasteiger partial charge < -0.3 is 4.57 Å². The van der Waals surface area contributed by atoms with Crippen LogP contribution in [0.25, 0.3) is 44.2 Å². The molecule has 0 N–H and O–H groups in total. The fourth-order valence-corrected chi connectivity index (χ4v) is 5.27. The second kappa shape index (κ2) is 7.78. The fraction of sp³-hybridized carbons (Fsp3) is 0.188. The molecule has 0 bridgehead atoms. The number of aromatic nitrogens is 1.